The number of hydrogen-bond acceptors (Lipinski definition) is 4. The van der Waals surface area contributed by atoms with E-state index in [1.165, 1.54) is 13.0 Å². The highest BCUT2D eigenvalue weighted by atomic mass is 79.9. The summed E-state index contributed by atoms with van der Waals surface area (Å²) in [5, 5.41) is 1.30. The van der Waals surface area contributed by atoms with Gasteiger partial charge in [0.15, 0.2) is 0 Å². The van der Waals surface area contributed by atoms with Gasteiger partial charge < -0.3 is 4.74 Å². The highest BCUT2D eigenvalue weighted by Gasteiger charge is 2.18. The minimum atomic E-state index is -3.87. The molecule has 21 heavy (non-hydrogen) atoms. The second-order valence-corrected chi connectivity index (χ2v) is 7.75. The molecular weight excluding hydrogens is 380 g/mol. The van der Waals surface area contributed by atoms with Crippen molar-refractivity contribution in [3.63, 3.8) is 0 Å². The number of fused-ring (bicyclic) bond motifs is 1. The van der Waals surface area contributed by atoms with Gasteiger partial charge in [-0.2, -0.15) is 0 Å². The fraction of sp³-hybridized carbons (Fsp3) is 0.214. The van der Waals surface area contributed by atoms with Gasteiger partial charge in [-0.25, -0.2) is 8.42 Å². The molecule has 0 saturated heterocycles. The quantitative estimate of drug-likeness (QED) is 0.590. The lowest BCUT2D eigenvalue weighted by molar-refractivity contribution is -0.140. The second kappa shape index (κ2) is 6.34. The summed E-state index contributed by atoms with van der Waals surface area (Å²) in [4.78, 5) is 10.9. The molecule has 0 spiro atoms. The predicted octanol–water partition coefficient (Wildman–Crippen LogP) is 3.64. The van der Waals surface area contributed by atoms with E-state index < -0.39 is 9.05 Å². The molecule has 0 bridgehead atoms. The Bertz CT molecular complexity index is 802. The first-order chi connectivity index (χ1) is 9.80. The summed E-state index contributed by atoms with van der Waals surface area (Å²) in [7, 11) is 1.65. The maximum Gasteiger partial charge on any atom is 0.302 e. The second-order valence-electron chi connectivity index (χ2n) is 4.42. The summed E-state index contributed by atoms with van der Waals surface area (Å²) >= 11 is 3.47. The van der Waals surface area contributed by atoms with Crippen molar-refractivity contribution in [2.45, 2.75) is 18.2 Å². The van der Waals surface area contributed by atoms with E-state index in [0.717, 1.165) is 9.86 Å². The van der Waals surface area contributed by atoms with E-state index in [2.05, 4.69) is 15.9 Å². The number of rotatable bonds is 4. The standard InChI is InChI=1S/C14H12BrClO4S/c1-9(17)20-7-6-10-8-13(21(16,18)19)11-4-2-3-5-12(11)14(10)15/h2-5,8H,6-7H2,1H3. The van der Waals surface area contributed by atoms with Crippen molar-refractivity contribution < 1.29 is 17.9 Å². The normalized spacial score (nSPS) is 11.6. The molecule has 2 rings (SSSR count). The van der Waals surface area contributed by atoms with E-state index in [1.807, 2.05) is 6.07 Å². The number of ether oxygens (including phenoxy) is 1. The largest absolute Gasteiger partial charge is 0.466 e. The Morgan fingerprint density at radius 1 is 1.29 bits per heavy atom. The minimum Gasteiger partial charge on any atom is -0.466 e. The van der Waals surface area contributed by atoms with Gasteiger partial charge in [0, 0.05) is 33.9 Å². The fourth-order valence-corrected chi connectivity index (χ4v) is 3.82. The molecule has 0 saturated carbocycles. The molecule has 0 N–H and O–H groups in total. The highest BCUT2D eigenvalue weighted by molar-refractivity contribution is 9.10. The molecule has 0 fully saturated rings. The third-order valence-electron chi connectivity index (χ3n) is 2.96. The topological polar surface area (TPSA) is 60.4 Å². The summed E-state index contributed by atoms with van der Waals surface area (Å²) in [6, 6.07) is 8.58. The molecule has 2 aromatic rings. The van der Waals surface area contributed by atoms with Crippen molar-refractivity contribution in [1.82, 2.24) is 0 Å². The van der Waals surface area contributed by atoms with E-state index in [0.29, 0.717) is 17.4 Å². The molecule has 4 nitrogen and oxygen atoms in total. The van der Waals surface area contributed by atoms with Crippen LogP contribution in [-0.2, 0) is 25.0 Å². The number of carbonyl (C=O) groups is 1. The summed E-state index contributed by atoms with van der Waals surface area (Å²) in [5.41, 5.74) is 0.717. The first kappa shape index (κ1) is 16.3. The van der Waals surface area contributed by atoms with Crippen molar-refractivity contribution in [3.05, 3.63) is 40.4 Å². The molecule has 0 radical (unpaired) electrons. The van der Waals surface area contributed by atoms with E-state index in [-0.39, 0.29) is 17.5 Å². The summed E-state index contributed by atoms with van der Waals surface area (Å²) < 4.78 is 29.2. The van der Waals surface area contributed by atoms with E-state index in [9.17, 15) is 13.2 Å². The lowest BCUT2D eigenvalue weighted by Gasteiger charge is -2.11. The van der Waals surface area contributed by atoms with Crippen molar-refractivity contribution >= 4 is 52.4 Å². The van der Waals surface area contributed by atoms with Gasteiger partial charge in [0.2, 0.25) is 0 Å². The van der Waals surface area contributed by atoms with Gasteiger partial charge in [0.05, 0.1) is 11.5 Å². The SMILES string of the molecule is CC(=O)OCCc1cc(S(=O)(=O)Cl)c2ccccc2c1Br. The maximum absolute atomic E-state index is 11.8. The Kier molecular flexibility index (Phi) is 4.91. The zero-order valence-electron chi connectivity index (χ0n) is 11.1. The molecule has 0 aliphatic heterocycles. The van der Waals surface area contributed by atoms with Gasteiger partial charge in [0.25, 0.3) is 9.05 Å². The monoisotopic (exact) mass is 390 g/mol. The first-order valence-electron chi connectivity index (χ1n) is 6.09. The average Bonchev–Trinajstić information content (AvgIpc) is 2.40. The lowest BCUT2D eigenvalue weighted by atomic mass is 10.1. The van der Waals surface area contributed by atoms with Gasteiger partial charge in [-0.15, -0.1) is 0 Å². The minimum absolute atomic E-state index is 0.0563. The molecule has 0 aliphatic carbocycles. The van der Waals surface area contributed by atoms with Crippen LogP contribution in [0.5, 0.6) is 0 Å². The van der Waals surface area contributed by atoms with Crippen LogP contribution in [0.3, 0.4) is 0 Å². The van der Waals surface area contributed by atoms with Crippen LogP contribution in [-0.4, -0.2) is 21.0 Å². The van der Waals surface area contributed by atoms with Crippen LogP contribution < -0.4 is 0 Å². The number of halogens is 2. The molecule has 112 valence electrons. The molecule has 7 heteroatoms. The Labute approximate surface area is 135 Å². The number of benzene rings is 2. The highest BCUT2D eigenvalue weighted by Crippen LogP contribution is 2.34. The van der Waals surface area contributed by atoms with Crippen molar-refractivity contribution in [1.29, 1.82) is 0 Å². The van der Waals surface area contributed by atoms with Crippen LogP contribution in [0.25, 0.3) is 10.8 Å². The lowest BCUT2D eigenvalue weighted by Crippen LogP contribution is -2.05. The molecule has 0 amide bonds. The molecule has 0 aliphatic rings. The zero-order chi connectivity index (χ0) is 15.6. The van der Waals surface area contributed by atoms with Crippen LogP contribution in [0.15, 0.2) is 39.7 Å². The fourth-order valence-electron chi connectivity index (χ4n) is 2.05. The van der Waals surface area contributed by atoms with Crippen LogP contribution in [0.2, 0.25) is 0 Å². The zero-order valence-corrected chi connectivity index (χ0v) is 14.3. The molecule has 2 aromatic carbocycles. The van der Waals surface area contributed by atoms with Gasteiger partial charge in [-0.05, 0) is 32.9 Å². The van der Waals surface area contributed by atoms with Crippen LogP contribution in [0.4, 0.5) is 0 Å². The van der Waals surface area contributed by atoms with Crippen molar-refractivity contribution in [3.8, 4) is 0 Å². The maximum atomic E-state index is 11.8. The summed E-state index contributed by atoms with van der Waals surface area (Å²) in [6.45, 7) is 1.50. The molecule has 0 unspecified atom stereocenters. The smallest absolute Gasteiger partial charge is 0.302 e. The van der Waals surface area contributed by atoms with E-state index in [4.69, 9.17) is 15.4 Å². The van der Waals surface area contributed by atoms with Gasteiger partial charge in [-0.3, -0.25) is 4.79 Å². The summed E-state index contributed by atoms with van der Waals surface area (Å²) in [5.74, 6) is -0.378. The Hall–Kier alpha value is -1.11. The van der Waals surface area contributed by atoms with Crippen LogP contribution in [0, 0.1) is 0 Å². The Balaban J connectivity index is 2.57. The Morgan fingerprint density at radius 2 is 1.90 bits per heavy atom. The van der Waals surface area contributed by atoms with E-state index >= 15 is 0 Å². The summed E-state index contributed by atoms with van der Waals surface area (Å²) in [6.07, 6.45) is 0.393. The molecular formula is C14H12BrClO4S. The van der Waals surface area contributed by atoms with Gasteiger partial charge in [0.1, 0.15) is 0 Å². The van der Waals surface area contributed by atoms with Crippen molar-refractivity contribution in [2.24, 2.45) is 0 Å². The molecule has 0 heterocycles. The molecule has 0 aromatic heterocycles. The first-order valence-corrected chi connectivity index (χ1v) is 9.19. The number of esters is 1. The average molecular weight is 392 g/mol. The number of carbonyl (C=O) groups excluding carboxylic acids is 1. The molecule has 0 atom stereocenters. The third kappa shape index (κ3) is 3.75. The number of hydrogen-bond donors (Lipinski definition) is 0. The predicted molar refractivity (Wildman–Crippen MR) is 85.0 cm³/mol. The van der Waals surface area contributed by atoms with Crippen LogP contribution in [0.1, 0.15) is 12.5 Å². The van der Waals surface area contributed by atoms with Gasteiger partial charge >= 0.3 is 5.97 Å². The third-order valence-corrected chi connectivity index (χ3v) is 5.25. The van der Waals surface area contributed by atoms with Crippen molar-refractivity contribution in [2.75, 3.05) is 6.61 Å². The van der Waals surface area contributed by atoms with E-state index in [1.54, 1.807) is 18.2 Å². The van der Waals surface area contributed by atoms with Crippen LogP contribution >= 0.6 is 26.6 Å². The Morgan fingerprint density at radius 3 is 2.48 bits per heavy atom. The van der Waals surface area contributed by atoms with Gasteiger partial charge in [-0.1, -0.05) is 24.3 Å².